The maximum atomic E-state index is 12.8. The summed E-state index contributed by atoms with van der Waals surface area (Å²) < 4.78 is 22.1. The third-order valence-corrected chi connectivity index (χ3v) is 11.0. The van der Waals surface area contributed by atoms with Crippen molar-refractivity contribution in [2.75, 3.05) is 19.8 Å². The molecule has 0 saturated heterocycles. The molecular formula is C41H85N2O7P. The van der Waals surface area contributed by atoms with Crippen molar-refractivity contribution in [3.05, 3.63) is 0 Å². The molecule has 0 aliphatic rings. The van der Waals surface area contributed by atoms with Crippen LogP contribution in [0.25, 0.3) is 0 Å². The highest BCUT2D eigenvalue weighted by atomic mass is 31.2. The number of carbonyl (C=O) groups excluding carboxylic acids is 1. The second-order valence-corrected chi connectivity index (χ2v) is 16.6. The number of aliphatic hydroxyl groups is 2. The van der Waals surface area contributed by atoms with Crippen molar-refractivity contribution in [3.63, 3.8) is 0 Å². The van der Waals surface area contributed by atoms with E-state index in [-0.39, 0.29) is 26.2 Å². The topological polar surface area (TPSA) is 151 Å². The van der Waals surface area contributed by atoms with Crippen molar-refractivity contribution in [1.29, 1.82) is 0 Å². The molecule has 0 aromatic carbocycles. The summed E-state index contributed by atoms with van der Waals surface area (Å²) in [6, 6.07) is -0.890. The molecule has 6 N–H and O–H groups in total. The Morgan fingerprint density at radius 3 is 1.31 bits per heavy atom. The van der Waals surface area contributed by atoms with Gasteiger partial charge in [0.15, 0.2) is 0 Å². The third kappa shape index (κ3) is 36.2. The summed E-state index contributed by atoms with van der Waals surface area (Å²) in [7, 11) is -4.37. The van der Waals surface area contributed by atoms with Gasteiger partial charge in [-0.2, -0.15) is 0 Å². The van der Waals surface area contributed by atoms with Gasteiger partial charge in [-0.15, -0.1) is 0 Å². The van der Waals surface area contributed by atoms with Gasteiger partial charge in [0, 0.05) is 6.54 Å². The lowest BCUT2D eigenvalue weighted by molar-refractivity contribution is -0.125. The highest BCUT2D eigenvalue weighted by Gasteiger charge is 2.28. The van der Waals surface area contributed by atoms with E-state index in [4.69, 9.17) is 14.8 Å². The molecule has 0 heterocycles. The summed E-state index contributed by atoms with van der Waals surface area (Å²) in [5, 5.41) is 24.2. The second-order valence-electron chi connectivity index (χ2n) is 15.1. The number of unbranched alkanes of at least 4 members (excludes halogenated alkanes) is 27. The summed E-state index contributed by atoms with van der Waals surface area (Å²) in [6.45, 7) is 4.06. The quantitative estimate of drug-likeness (QED) is 0.0306. The molecule has 0 aliphatic carbocycles. The van der Waals surface area contributed by atoms with Crippen molar-refractivity contribution in [1.82, 2.24) is 5.32 Å². The molecular weight excluding hydrogens is 663 g/mol. The van der Waals surface area contributed by atoms with Crippen LogP contribution in [-0.2, 0) is 18.4 Å². The lowest BCUT2D eigenvalue weighted by Crippen LogP contribution is -2.47. The van der Waals surface area contributed by atoms with E-state index in [1.807, 2.05) is 0 Å². The predicted octanol–water partition coefficient (Wildman–Crippen LogP) is 10.8. The van der Waals surface area contributed by atoms with Crippen LogP contribution in [0.1, 0.15) is 219 Å². The third-order valence-electron chi connectivity index (χ3n) is 10.0. The fourth-order valence-electron chi connectivity index (χ4n) is 6.71. The van der Waals surface area contributed by atoms with Crippen molar-refractivity contribution < 1.29 is 33.5 Å². The van der Waals surface area contributed by atoms with Crippen molar-refractivity contribution in [2.24, 2.45) is 5.73 Å². The fraction of sp³-hybridized carbons (Fsp3) is 0.976. The van der Waals surface area contributed by atoms with Gasteiger partial charge in [0.2, 0.25) is 5.91 Å². The molecule has 0 aromatic rings. The van der Waals surface area contributed by atoms with Crippen LogP contribution >= 0.6 is 7.82 Å². The first-order chi connectivity index (χ1) is 24.8. The lowest BCUT2D eigenvalue weighted by atomic mass is 10.0. The van der Waals surface area contributed by atoms with Crippen LogP contribution in [-0.4, -0.2) is 59.0 Å². The van der Waals surface area contributed by atoms with Crippen LogP contribution in [0.5, 0.6) is 0 Å². The molecule has 4 unspecified atom stereocenters. The summed E-state index contributed by atoms with van der Waals surface area (Å²) in [6.07, 6.45) is 35.7. The van der Waals surface area contributed by atoms with Gasteiger partial charge in [0.05, 0.1) is 37.9 Å². The van der Waals surface area contributed by atoms with Crippen LogP contribution in [0.4, 0.5) is 0 Å². The van der Waals surface area contributed by atoms with Gasteiger partial charge in [0.25, 0.3) is 0 Å². The van der Waals surface area contributed by atoms with E-state index in [0.29, 0.717) is 12.8 Å². The zero-order valence-corrected chi connectivity index (χ0v) is 34.4. The minimum atomic E-state index is -4.37. The number of phosphoric acid groups is 1. The highest BCUT2D eigenvalue weighted by Crippen LogP contribution is 2.43. The first-order valence-electron chi connectivity index (χ1n) is 21.7. The van der Waals surface area contributed by atoms with Crippen molar-refractivity contribution >= 4 is 13.7 Å². The minimum Gasteiger partial charge on any atom is -0.393 e. The number of hydrogen-bond donors (Lipinski definition) is 5. The van der Waals surface area contributed by atoms with E-state index in [1.165, 1.54) is 148 Å². The fourth-order valence-corrected chi connectivity index (χ4v) is 7.47. The molecule has 0 spiro atoms. The van der Waals surface area contributed by atoms with Crippen molar-refractivity contribution in [3.8, 4) is 0 Å². The number of nitrogens with two attached hydrogens (primary N) is 1. The van der Waals surface area contributed by atoms with Crippen LogP contribution in [0.2, 0.25) is 0 Å². The minimum absolute atomic E-state index is 0.0626. The molecule has 0 aliphatic heterocycles. The van der Waals surface area contributed by atoms with E-state index >= 15 is 0 Å². The highest BCUT2D eigenvalue weighted by molar-refractivity contribution is 7.47. The number of aliphatic hydroxyl groups excluding tert-OH is 2. The first-order valence-corrected chi connectivity index (χ1v) is 23.2. The number of nitrogens with one attached hydrogen (secondary N) is 1. The van der Waals surface area contributed by atoms with Gasteiger partial charge in [-0.25, -0.2) is 4.57 Å². The molecule has 0 radical (unpaired) electrons. The summed E-state index contributed by atoms with van der Waals surface area (Å²) in [4.78, 5) is 22.8. The first kappa shape index (κ1) is 50.5. The maximum Gasteiger partial charge on any atom is 0.472 e. The van der Waals surface area contributed by atoms with Crippen LogP contribution in [0, 0.1) is 0 Å². The standard InChI is InChI=1S/C41H85N2O7P/c1-3-5-7-9-11-13-15-17-18-19-21-23-25-27-29-31-33-40(45)39(37-50-51(47,48)49-35-34-42)43-41(46)36-38(44)32-30-28-26-24-22-20-16-14-12-10-8-6-4-2/h38-40,44-45H,3-37,42H2,1-2H3,(H,43,46)(H,47,48). The van der Waals surface area contributed by atoms with E-state index in [0.717, 1.165) is 38.5 Å². The molecule has 10 heteroatoms. The second kappa shape index (κ2) is 37.8. The van der Waals surface area contributed by atoms with Gasteiger partial charge in [0.1, 0.15) is 0 Å². The number of hydrogen-bond acceptors (Lipinski definition) is 7. The molecule has 0 aromatic heterocycles. The largest absolute Gasteiger partial charge is 0.472 e. The lowest BCUT2D eigenvalue weighted by Gasteiger charge is -2.25. The molecule has 9 nitrogen and oxygen atoms in total. The number of carbonyl (C=O) groups is 1. The zero-order valence-electron chi connectivity index (χ0n) is 33.5. The molecule has 1 amide bonds. The van der Waals surface area contributed by atoms with E-state index in [9.17, 15) is 24.5 Å². The van der Waals surface area contributed by atoms with E-state index in [2.05, 4.69) is 19.2 Å². The van der Waals surface area contributed by atoms with Crippen LogP contribution in [0.15, 0.2) is 0 Å². The Balaban J connectivity index is 4.25. The van der Waals surface area contributed by atoms with Gasteiger partial charge in [-0.3, -0.25) is 13.8 Å². The Bertz CT molecular complexity index is 791. The Kier molecular flexibility index (Phi) is 37.4. The Morgan fingerprint density at radius 1 is 0.588 bits per heavy atom. The zero-order chi connectivity index (χ0) is 37.7. The molecule has 0 saturated carbocycles. The summed E-state index contributed by atoms with van der Waals surface area (Å²) in [5.41, 5.74) is 5.37. The predicted molar refractivity (Wildman–Crippen MR) is 214 cm³/mol. The number of amides is 1. The van der Waals surface area contributed by atoms with Gasteiger partial charge in [-0.05, 0) is 12.8 Å². The molecule has 51 heavy (non-hydrogen) atoms. The maximum absolute atomic E-state index is 12.8. The van der Waals surface area contributed by atoms with E-state index in [1.54, 1.807) is 0 Å². The van der Waals surface area contributed by atoms with Crippen LogP contribution < -0.4 is 11.1 Å². The Labute approximate surface area is 315 Å². The van der Waals surface area contributed by atoms with Crippen molar-refractivity contribution in [2.45, 2.75) is 238 Å². The Morgan fingerprint density at radius 2 is 0.941 bits per heavy atom. The average Bonchev–Trinajstić information content (AvgIpc) is 3.10. The molecule has 0 bridgehead atoms. The SMILES string of the molecule is CCCCCCCCCCCCCCCCCCC(O)C(COP(=O)(O)OCCN)NC(=O)CC(O)CCCCCCCCCCCCCCC. The van der Waals surface area contributed by atoms with Gasteiger partial charge in [-0.1, -0.05) is 200 Å². The van der Waals surface area contributed by atoms with Gasteiger partial charge >= 0.3 is 7.82 Å². The molecule has 0 fully saturated rings. The number of phosphoric ester groups is 1. The normalized spacial score (nSPS) is 14.7. The summed E-state index contributed by atoms with van der Waals surface area (Å²) >= 11 is 0. The molecule has 306 valence electrons. The van der Waals surface area contributed by atoms with Crippen LogP contribution in [0.3, 0.4) is 0 Å². The molecule has 0 rings (SSSR count). The van der Waals surface area contributed by atoms with E-state index < -0.39 is 32.0 Å². The monoisotopic (exact) mass is 749 g/mol. The number of rotatable bonds is 41. The summed E-state index contributed by atoms with van der Waals surface area (Å²) in [5.74, 6) is -0.410. The Hall–Kier alpha value is -0.540. The van der Waals surface area contributed by atoms with Gasteiger partial charge < -0.3 is 26.2 Å². The molecule has 4 atom stereocenters. The average molecular weight is 749 g/mol. The smallest absolute Gasteiger partial charge is 0.393 e.